The molecule has 2 aliphatic heterocycles. The molecule has 2 heterocycles. The molecule has 0 aliphatic carbocycles. The fraction of sp³-hybridized carbons (Fsp3) is 0.929. The van der Waals surface area contributed by atoms with Gasteiger partial charge in [0.15, 0.2) is 0 Å². The van der Waals surface area contributed by atoms with Crippen molar-refractivity contribution in [2.75, 3.05) is 18.8 Å². The molecule has 1 amide bonds. The lowest BCUT2D eigenvalue weighted by Crippen LogP contribution is -2.52. The van der Waals surface area contributed by atoms with Gasteiger partial charge in [-0.3, -0.25) is 4.79 Å². The number of amides is 1. The number of piperidine rings is 1. The van der Waals surface area contributed by atoms with Crippen LogP contribution in [0.25, 0.3) is 0 Å². The predicted octanol–water partition coefficient (Wildman–Crippen LogP) is 2.25. The van der Waals surface area contributed by atoms with Gasteiger partial charge in [0.05, 0.1) is 5.25 Å². The highest BCUT2D eigenvalue weighted by Crippen LogP contribution is 2.31. The first-order chi connectivity index (χ1) is 8.76. The molecule has 2 rings (SSSR count). The van der Waals surface area contributed by atoms with Crippen LogP contribution >= 0.6 is 11.8 Å². The van der Waals surface area contributed by atoms with Crippen LogP contribution in [0.2, 0.25) is 0 Å². The van der Waals surface area contributed by atoms with E-state index in [2.05, 4.69) is 11.8 Å². The quantitative estimate of drug-likeness (QED) is 0.855. The number of carbonyl (C=O) groups excluding carboxylic acids is 1. The van der Waals surface area contributed by atoms with Crippen molar-refractivity contribution in [1.29, 1.82) is 0 Å². The minimum absolute atomic E-state index is 0.214. The number of nitrogens with two attached hydrogens (primary N) is 1. The van der Waals surface area contributed by atoms with Crippen LogP contribution in [0.5, 0.6) is 0 Å². The van der Waals surface area contributed by atoms with Gasteiger partial charge in [-0.15, -0.1) is 11.8 Å². The van der Waals surface area contributed by atoms with E-state index >= 15 is 0 Å². The Morgan fingerprint density at radius 3 is 2.83 bits per heavy atom. The highest BCUT2D eigenvalue weighted by atomic mass is 32.2. The first kappa shape index (κ1) is 14.2. The van der Waals surface area contributed by atoms with E-state index in [1.54, 1.807) is 0 Å². The molecule has 2 N–H and O–H groups in total. The van der Waals surface area contributed by atoms with Crippen LogP contribution < -0.4 is 5.73 Å². The van der Waals surface area contributed by atoms with Gasteiger partial charge in [0.2, 0.25) is 5.91 Å². The second kappa shape index (κ2) is 6.80. The van der Waals surface area contributed by atoms with Crippen LogP contribution in [-0.4, -0.2) is 40.9 Å². The molecule has 0 aromatic carbocycles. The van der Waals surface area contributed by atoms with Gasteiger partial charge in [-0.2, -0.15) is 0 Å². The molecule has 2 aliphatic rings. The van der Waals surface area contributed by atoms with Crippen molar-refractivity contribution in [3.8, 4) is 0 Å². The molecule has 2 saturated heterocycles. The maximum Gasteiger partial charge on any atom is 0.235 e. The Hall–Kier alpha value is -0.220. The standard InChI is InChI=1S/C14H26N2OS/c1-2-11-6-7-16(12(9-11)10-15)14(17)13-5-3-4-8-18-13/h11-13H,2-10,15H2,1H3. The molecule has 3 atom stereocenters. The van der Waals surface area contributed by atoms with Gasteiger partial charge in [-0.25, -0.2) is 0 Å². The summed E-state index contributed by atoms with van der Waals surface area (Å²) in [4.78, 5) is 14.7. The van der Waals surface area contributed by atoms with Crippen LogP contribution in [0.3, 0.4) is 0 Å². The summed E-state index contributed by atoms with van der Waals surface area (Å²) in [5, 5.41) is 0.214. The maximum absolute atomic E-state index is 12.6. The van der Waals surface area contributed by atoms with E-state index in [1.165, 1.54) is 19.3 Å². The molecular weight excluding hydrogens is 244 g/mol. The summed E-state index contributed by atoms with van der Waals surface area (Å²) in [5.74, 6) is 2.28. The van der Waals surface area contributed by atoms with Gasteiger partial charge < -0.3 is 10.6 Å². The van der Waals surface area contributed by atoms with Gasteiger partial charge >= 0.3 is 0 Å². The van der Waals surface area contributed by atoms with Crippen molar-refractivity contribution < 1.29 is 4.79 Å². The Bertz CT molecular complexity index is 279. The number of carbonyl (C=O) groups is 1. The zero-order chi connectivity index (χ0) is 13.0. The van der Waals surface area contributed by atoms with Gasteiger partial charge in [0.1, 0.15) is 0 Å². The molecule has 0 aromatic rings. The topological polar surface area (TPSA) is 46.3 Å². The monoisotopic (exact) mass is 270 g/mol. The van der Waals surface area contributed by atoms with E-state index in [9.17, 15) is 4.79 Å². The lowest BCUT2D eigenvalue weighted by atomic mass is 9.88. The van der Waals surface area contributed by atoms with Gasteiger partial charge in [-0.05, 0) is 37.4 Å². The fourth-order valence-electron chi connectivity index (χ4n) is 3.14. The minimum Gasteiger partial charge on any atom is -0.337 e. The van der Waals surface area contributed by atoms with Gasteiger partial charge in [-0.1, -0.05) is 19.8 Å². The van der Waals surface area contributed by atoms with E-state index < -0.39 is 0 Å². The Balaban J connectivity index is 1.95. The first-order valence-electron chi connectivity index (χ1n) is 7.38. The molecule has 3 nitrogen and oxygen atoms in total. The van der Waals surface area contributed by atoms with Crippen LogP contribution in [0.1, 0.15) is 45.4 Å². The number of likely N-dealkylation sites (tertiary alicyclic amines) is 1. The highest BCUT2D eigenvalue weighted by Gasteiger charge is 2.34. The summed E-state index contributed by atoms with van der Waals surface area (Å²) in [5.41, 5.74) is 5.88. The maximum atomic E-state index is 12.6. The Morgan fingerprint density at radius 2 is 2.22 bits per heavy atom. The first-order valence-corrected chi connectivity index (χ1v) is 8.43. The van der Waals surface area contributed by atoms with Crippen LogP contribution in [-0.2, 0) is 4.79 Å². The Morgan fingerprint density at radius 1 is 1.39 bits per heavy atom. The van der Waals surface area contributed by atoms with E-state index in [1.807, 2.05) is 11.8 Å². The SMILES string of the molecule is CCC1CCN(C(=O)C2CCCCS2)C(CN)C1. The molecule has 104 valence electrons. The van der Waals surface area contributed by atoms with Crippen LogP contribution in [0.15, 0.2) is 0 Å². The summed E-state index contributed by atoms with van der Waals surface area (Å²) in [6.07, 6.45) is 7.03. The molecular formula is C14H26N2OS. The van der Waals surface area contributed by atoms with Gasteiger partial charge in [0, 0.05) is 19.1 Å². The van der Waals surface area contributed by atoms with Crippen molar-refractivity contribution in [3.05, 3.63) is 0 Å². The second-order valence-electron chi connectivity index (χ2n) is 5.58. The number of thioether (sulfide) groups is 1. The fourth-order valence-corrected chi connectivity index (χ4v) is 4.41. The molecule has 0 saturated carbocycles. The molecule has 0 aromatic heterocycles. The molecule has 18 heavy (non-hydrogen) atoms. The van der Waals surface area contributed by atoms with Crippen molar-refractivity contribution in [2.45, 2.75) is 56.7 Å². The third-order valence-electron chi connectivity index (χ3n) is 4.41. The summed E-state index contributed by atoms with van der Waals surface area (Å²) in [7, 11) is 0. The zero-order valence-corrected chi connectivity index (χ0v) is 12.3. The predicted molar refractivity (Wildman–Crippen MR) is 77.7 cm³/mol. The number of rotatable bonds is 3. The Kier molecular flexibility index (Phi) is 5.37. The second-order valence-corrected chi connectivity index (χ2v) is 6.89. The average Bonchev–Trinajstić information content (AvgIpc) is 2.46. The van der Waals surface area contributed by atoms with E-state index in [0.717, 1.165) is 37.5 Å². The zero-order valence-electron chi connectivity index (χ0n) is 11.4. The lowest BCUT2D eigenvalue weighted by Gasteiger charge is -2.41. The summed E-state index contributed by atoms with van der Waals surface area (Å²) < 4.78 is 0. The third kappa shape index (κ3) is 3.21. The van der Waals surface area contributed by atoms with Crippen LogP contribution in [0.4, 0.5) is 0 Å². The van der Waals surface area contributed by atoms with Crippen molar-refractivity contribution in [1.82, 2.24) is 4.90 Å². The highest BCUT2D eigenvalue weighted by molar-refractivity contribution is 8.00. The average molecular weight is 270 g/mol. The number of hydrogen-bond acceptors (Lipinski definition) is 3. The molecule has 3 unspecified atom stereocenters. The summed E-state index contributed by atoms with van der Waals surface area (Å²) in [6.45, 7) is 3.79. The van der Waals surface area contributed by atoms with Crippen LogP contribution in [0, 0.1) is 5.92 Å². The van der Waals surface area contributed by atoms with Crippen molar-refractivity contribution in [2.24, 2.45) is 11.7 Å². The lowest BCUT2D eigenvalue weighted by molar-refractivity contribution is -0.135. The van der Waals surface area contributed by atoms with Gasteiger partial charge in [0.25, 0.3) is 0 Å². The molecule has 4 heteroatoms. The molecule has 0 bridgehead atoms. The van der Waals surface area contributed by atoms with E-state index in [0.29, 0.717) is 18.5 Å². The smallest absolute Gasteiger partial charge is 0.235 e. The number of hydrogen-bond donors (Lipinski definition) is 1. The third-order valence-corrected chi connectivity index (χ3v) is 5.78. The Labute approximate surface area is 115 Å². The van der Waals surface area contributed by atoms with E-state index in [4.69, 9.17) is 5.73 Å². The van der Waals surface area contributed by atoms with Crippen molar-refractivity contribution in [3.63, 3.8) is 0 Å². The molecule has 2 fully saturated rings. The van der Waals surface area contributed by atoms with E-state index in [-0.39, 0.29) is 5.25 Å². The molecule has 0 spiro atoms. The summed E-state index contributed by atoms with van der Waals surface area (Å²) in [6, 6.07) is 0.290. The largest absolute Gasteiger partial charge is 0.337 e. The summed E-state index contributed by atoms with van der Waals surface area (Å²) >= 11 is 1.85. The minimum atomic E-state index is 0.214. The van der Waals surface area contributed by atoms with Crippen molar-refractivity contribution >= 4 is 17.7 Å². The normalized spacial score (nSPS) is 33.4. The number of nitrogens with zero attached hydrogens (tertiary/aromatic N) is 1. The molecule has 0 radical (unpaired) electrons.